The van der Waals surface area contributed by atoms with Crippen LogP contribution in [0.1, 0.15) is 88.7 Å². The van der Waals surface area contributed by atoms with Gasteiger partial charge in [-0.1, -0.05) is 138 Å². The van der Waals surface area contributed by atoms with E-state index in [0.29, 0.717) is 6.42 Å². The van der Waals surface area contributed by atoms with E-state index >= 15 is 0 Å². The van der Waals surface area contributed by atoms with E-state index in [9.17, 15) is 0 Å². The van der Waals surface area contributed by atoms with Crippen LogP contribution in [0.15, 0.2) is 266 Å². The monoisotopic (exact) mass is 1120 g/mol. The van der Waals surface area contributed by atoms with Crippen molar-refractivity contribution in [1.29, 1.82) is 0 Å². The van der Waals surface area contributed by atoms with Crippen LogP contribution in [-0.4, -0.2) is 6.04 Å². The normalized spacial score (nSPS) is 15.9. The van der Waals surface area contributed by atoms with Gasteiger partial charge in [-0.25, -0.2) is 0 Å². The number of benzene rings is 10. The van der Waals surface area contributed by atoms with Crippen molar-refractivity contribution in [2.24, 2.45) is 0 Å². The van der Waals surface area contributed by atoms with Crippen LogP contribution < -0.4 is 19.6 Å². The first-order valence-corrected chi connectivity index (χ1v) is 30.8. The highest BCUT2D eigenvalue weighted by Gasteiger charge is 2.53. The number of hydrogen-bond acceptors (Lipinski definition) is 4. The van der Waals surface area contributed by atoms with Crippen LogP contribution in [-0.2, 0) is 5.41 Å². The third kappa shape index (κ3) is 9.98. The van der Waals surface area contributed by atoms with Crippen LogP contribution in [0.4, 0.5) is 56.9 Å². The molecular formula is C83H72N4. The third-order valence-electron chi connectivity index (χ3n) is 17.9. The zero-order valence-corrected chi connectivity index (χ0v) is 51.2. The number of hydrogen-bond donors (Lipinski definition) is 0. The van der Waals surface area contributed by atoms with E-state index in [2.05, 4.69) is 336 Å². The Morgan fingerprint density at radius 1 is 0.368 bits per heavy atom. The molecule has 0 N–H and O–H groups in total. The second-order valence-corrected chi connectivity index (χ2v) is 24.5. The summed E-state index contributed by atoms with van der Waals surface area (Å²) in [5.41, 5.74) is 31.1. The molecule has 0 radical (unpaired) electrons. The van der Waals surface area contributed by atoms with Gasteiger partial charge in [-0.2, -0.15) is 0 Å². The Bertz CT molecular complexity index is 4160. The Balaban J connectivity index is 1.11. The first-order valence-electron chi connectivity index (χ1n) is 30.8. The van der Waals surface area contributed by atoms with Crippen molar-refractivity contribution in [3.63, 3.8) is 0 Å². The predicted octanol–water partition coefficient (Wildman–Crippen LogP) is 22.0. The molecule has 424 valence electrons. The van der Waals surface area contributed by atoms with Gasteiger partial charge in [0.25, 0.3) is 0 Å². The maximum absolute atomic E-state index is 3.79. The van der Waals surface area contributed by atoms with Crippen molar-refractivity contribution in [2.45, 2.75) is 86.1 Å². The van der Waals surface area contributed by atoms with E-state index in [-0.39, 0.29) is 6.04 Å². The fraction of sp³-hybridized carbons (Fsp3) is 0.157. The first-order chi connectivity index (χ1) is 42.4. The number of rotatable bonds is 12. The topological polar surface area (TPSA) is 13.0 Å². The molecule has 0 bridgehead atoms. The van der Waals surface area contributed by atoms with Crippen molar-refractivity contribution >= 4 is 56.9 Å². The zero-order chi connectivity index (χ0) is 59.5. The zero-order valence-electron chi connectivity index (χ0n) is 51.2. The number of aryl methyl sites for hydroxylation is 6. The lowest BCUT2D eigenvalue weighted by atomic mass is 9.70. The molecule has 0 saturated carbocycles. The van der Waals surface area contributed by atoms with Gasteiger partial charge in [0.05, 0.1) is 5.41 Å². The lowest BCUT2D eigenvalue weighted by Gasteiger charge is -2.36. The van der Waals surface area contributed by atoms with Crippen molar-refractivity contribution in [2.75, 3.05) is 19.6 Å². The average molecular weight is 1130 g/mol. The Labute approximate surface area is 515 Å². The second kappa shape index (κ2) is 22.4. The Morgan fingerprint density at radius 3 is 1.05 bits per heavy atom. The van der Waals surface area contributed by atoms with Crippen molar-refractivity contribution in [3.05, 3.63) is 321 Å². The summed E-state index contributed by atoms with van der Waals surface area (Å²) in [4.78, 5) is 9.95. The summed E-state index contributed by atoms with van der Waals surface area (Å²) in [7, 11) is 0. The van der Waals surface area contributed by atoms with Gasteiger partial charge in [-0.15, -0.1) is 0 Å². The molecule has 1 unspecified atom stereocenters. The van der Waals surface area contributed by atoms with E-state index in [0.717, 1.165) is 69.7 Å². The largest absolute Gasteiger partial charge is 0.327 e. The molecule has 1 atom stereocenters. The summed E-state index contributed by atoms with van der Waals surface area (Å²) in [6, 6.07) is 82.9. The van der Waals surface area contributed by atoms with Crippen LogP contribution in [0.5, 0.6) is 0 Å². The summed E-state index contributed by atoms with van der Waals surface area (Å²) in [6.07, 6.45) is 14.1. The minimum atomic E-state index is -0.850. The number of allylic oxidation sites excluding steroid dienone is 7. The van der Waals surface area contributed by atoms with Crippen LogP contribution in [0.3, 0.4) is 0 Å². The van der Waals surface area contributed by atoms with Crippen molar-refractivity contribution in [3.8, 4) is 34.1 Å². The van der Waals surface area contributed by atoms with Gasteiger partial charge in [-0.3, -0.25) is 0 Å². The van der Waals surface area contributed by atoms with Gasteiger partial charge in [-0.05, 0) is 280 Å². The van der Waals surface area contributed by atoms with Crippen LogP contribution >= 0.6 is 0 Å². The molecule has 4 heteroatoms. The highest BCUT2D eigenvalue weighted by Crippen LogP contribution is 2.65. The fourth-order valence-corrected chi connectivity index (χ4v) is 14.2. The lowest BCUT2D eigenvalue weighted by molar-refractivity contribution is 0.785. The Hall–Kier alpha value is -10.1. The first kappa shape index (κ1) is 54.8. The summed E-state index contributed by atoms with van der Waals surface area (Å²) in [5.74, 6) is 7.36. The molecule has 4 nitrogen and oxygen atoms in total. The molecule has 4 aliphatic carbocycles. The maximum Gasteiger partial charge on any atom is 0.114 e. The molecule has 0 fully saturated rings. The van der Waals surface area contributed by atoms with Crippen molar-refractivity contribution in [1.82, 2.24) is 0 Å². The molecule has 1 spiro atoms. The molecule has 10 aromatic rings. The van der Waals surface area contributed by atoms with E-state index in [1.807, 2.05) is 0 Å². The predicted molar refractivity (Wildman–Crippen MR) is 368 cm³/mol. The van der Waals surface area contributed by atoms with Gasteiger partial charge in [0.1, 0.15) is 6.04 Å². The Morgan fingerprint density at radius 2 is 0.701 bits per heavy atom. The summed E-state index contributed by atoms with van der Waals surface area (Å²) >= 11 is 0. The Kier molecular flexibility index (Phi) is 14.1. The molecule has 0 saturated heterocycles. The number of fused-ring (bicyclic) bond motifs is 10. The smallest absolute Gasteiger partial charge is 0.114 e. The van der Waals surface area contributed by atoms with E-state index in [1.165, 1.54) is 94.7 Å². The van der Waals surface area contributed by atoms with Gasteiger partial charge < -0.3 is 19.6 Å². The second-order valence-electron chi connectivity index (χ2n) is 24.5. The highest BCUT2D eigenvalue weighted by molar-refractivity contribution is 5.99. The van der Waals surface area contributed by atoms with Crippen LogP contribution in [0.2, 0.25) is 0 Å². The van der Waals surface area contributed by atoms with Crippen LogP contribution in [0, 0.1) is 53.4 Å². The molecule has 14 rings (SSSR count). The lowest BCUT2D eigenvalue weighted by Crippen LogP contribution is -2.34. The van der Waals surface area contributed by atoms with Gasteiger partial charge >= 0.3 is 0 Å². The quantitative estimate of drug-likeness (QED) is 0.113. The van der Waals surface area contributed by atoms with Crippen molar-refractivity contribution < 1.29 is 0 Å². The molecule has 4 aliphatic rings. The van der Waals surface area contributed by atoms with E-state index < -0.39 is 5.41 Å². The number of anilines is 10. The van der Waals surface area contributed by atoms with Gasteiger partial charge in [0.2, 0.25) is 0 Å². The fourth-order valence-electron chi connectivity index (χ4n) is 14.2. The maximum atomic E-state index is 3.79. The molecule has 10 aromatic carbocycles. The summed E-state index contributed by atoms with van der Waals surface area (Å²) < 4.78 is 0. The number of nitrogens with zero attached hydrogens (tertiary/aromatic N) is 4. The average Bonchev–Trinajstić information content (AvgIpc) is 1.51. The SMILES string of the molecule is CC1=CCCC(N(c2ccc3c(c2)C2(c4cc(N(c5cccc(C)c5)c5cccc(C)c5)ccc4-c4ccc(N(c5cccc(C)c5)c5cccc(C)c5)cc42)c2cc(N(c4cccc(C)c4)c4cccc(C)c4)ccc2-3)C2C#CC/C=C\C(C)=C/2)=C1. The highest BCUT2D eigenvalue weighted by atomic mass is 15.2. The molecule has 0 aliphatic heterocycles. The molecule has 0 aromatic heterocycles. The molecule has 87 heavy (non-hydrogen) atoms. The molecule has 0 heterocycles. The van der Waals surface area contributed by atoms with E-state index in [1.54, 1.807) is 0 Å². The molecule has 0 amide bonds. The minimum absolute atomic E-state index is 0.190. The van der Waals surface area contributed by atoms with Crippen LogP contribution in [0.25, 0.3) is 22.3 Å². The van der Waals surface area contributed by atoms with E-state index in [4.69, 9.17) is 0 Å². The molecular weight excluding hydrogens is 1050 g/mol. The summed E-state index contributed by atoms with van der Waals surface area (Å²) in [5, 5.41) is 0. The minimum Gasteiger partial charge on any atom is -0.327 e. The summed E-state index contributed by atoms with van der Waals surface area (Å²) in [6.45, 7) is 17.6. The standard InChI is InChI=1S/C83H72N4/c1-55-19-10-9-11-27-63(43-55)84(64-28-12-20-56(2)44-64)71-35-39-75-76-40-36-72(85(65-29-13-21-57(3)45-65)66-30-14-22-58(4)46-66)52-80(76)83(79(75)51-71)81-53-73(86(67-31-15-23-59(5)47-67)68-32-16-24-60(6)48-68)37-41-77(81)78-42-38-74(54-82(78)83)87(69-33-17-25-61(7)49-69)70-34-18-26-62(8)50-70/h10,13-26,29-54,63H,9,12,28H2,1-8H3/b19-10-,55-43-. The third-order valence-corrected chi connectivity index (χ3v) is 17.9. The van der Waals surface area contributed by atoms with Gasteiger partial charge in [0.15, 0.2) is 0 Å². The van der Waals surface area contributed by atoms with Gasteiger partial charge in [0, 0.05) is 69.0 Å².